The summed E-state index contributed by atoms with van der Waals surface area (Å²) in [7, 11) is 0. The normalized spacial score (nSPS) is 24.3. The Kier molecular flexibility index (Phi) is 4.23. The van der Waals surface area contributed by atoms with Crippen molar-refractivity contribution in [2.75, 3.05) is 19.6 Å². The molecule has 1 spiro atoms. The first-order valence-electron chi connectivity index (χ1n) is 7.67. The fraction of sp³-hybridized carbons (Fsp3) is 0.500. The Morgan fingerprint density at radius 2 is 2.04 bits per heavy atom. The number of piperidine rings is 1. The van der Waals surface area contributed by atoms with Crippen molar-refractivity contribution in [3.05, 3.63) is 34.3 Å². The minimum atomic E-state index is -4.55. The molecule has 0 aromatic heterocycles. The maximum Gasteiger partial charge on any atom is 0.416 e. The molecule has 24 heavy (non-hydrogen) atoms. The van der Waals surface area contributed by atoms with Crippen LogP contribution in [0.5, 0.6) is 0 Å². The molecule has 0 unspecified atom stereocenters. The molecule has 130 valence electrons. The molecule has 0 saturated carbocycles. The minimum Gasteiger partial charge on any atom is -0.356 e. The maximum absolute atomic E-state index is 12.9. The van der Waals surface area contributed by atoms with Gasteiger partial charge in [0.1, 0.15) is 0 Å². The maximum atomic E-state index is 12.9. The van der Waals surface area contributed by atoms with Crippen molar-refractivity contribution >= 4 is 23.4 Å². The van der Waals surface area contributed by atoms with Crippen molar-refractivity contribution in [1.29, 1.82) is 0 Å². The second kappa shape index (κ2) is 5.95. The summed E-state index contributed by atoms with van der Waals surface area (Å²) in [6.45, 7) is 1.16. The number of hydrogen-bond donors (Lipinski definition) is 1. The number of benzene rings is 1. The quantitative estimate of drug-likeness (QED) is 0.836. The molecule has 2 amide bonds. The first-order chi connectivity index (χ1) is 11.2. The molecule has 0 radical (unpaired) electrons. The lowest BCUT2D eigenvalue weighted by Crippen LogP contribution is -2.47. The summed E-state index contributed by atoms with van der Waals surface area (Å²) in [4.78, 5) is 26.2. The van der Waals surface area contributed by atoms with Gasteiger partial charge in [-0.05, 0) is 37.5 Å². The van der Waals surface area contributed by atoms with Gasteiger partial charge < -0.3 is 10.2 Å². The first-order valence-corrected chi connectivity index (χ1v) is 8.05. The van der Waals surface area contributed by atoms with Crippen molar-refractivity contribution in [3.8, 4) is 0 Å². The van der Waals surface area contributed by atoms with E-state index in [4.69, 9.17) is 11.6 Å². The van der Waals surface area contributed by atoms with Crippen LogP contribution in [0.4, 0.5) is 13.2 Å². The number of halogens is 4. The zero-order chi connectivity index (χ0) is 17.5. The number of nitrogens with one attached hydrogen (secondary N) is 1. The van der Waals surface area contributed by atoms with Gasteiger partial charge in [-0.1, -0.05) is 11.6 Å². The summed E-state index contributed by atoms with van der Waals surface area (Å²) in [5.41, 5.74) is -1.72. The molecule has 4 nitrogen and oxygen atoms in total. The lowest BCUT2D eigenvalue weighted by atomic mass is 9.79. The second-order valence-electron chi connectivity index (χ2n) is 6.31. The zero-order valence-electron chi connectivity index (χ0n) is 12.8. The molecule has 8 heteroatoms. The van der Waals surface area contributed by atoms with E-state index in [9.17, 15) is 22.8 Å². The predicted octanol–water partition coefficient (Wildman–Crippen LogP) is 3.10. The SMILES string of the molecule is O=C(c1cc(C(F)(F)F)ccc1Cl)N1CC[C@]2(CCCNC2=O)C1. The first kappa shape index (κ1) is 17.1. The van der Waals surface area contributed by atoms with Crippen LogP contribution in [0.25, 0.3) is 0 Å². The van der Waals surface area contributed by atoms with Gasteiger partial charge in [-0.15, -0.1) is 0 Å². The molecule has 2 fully saturated rings. The highest BCUT2D eigenvalue weighted by atomic mass is 35.5. The van der Waals surface area contributed by atoms with Crippen LogP contribution in [0.3, 0.4) is 0 Å². The predicted molar refractivity (Wildman–Crippen MR) is 81.7 cm³/mol. The van der Waals surface area contributed by atoms with Gasteiger partial charge >= 0.3 is 6.18 Å². The van der Waals surface area contributed by atoms with E-state index in [0.717, 1.165) is 24.6 Å². The van der Waals surface area contributed by atoms with Crippen LogP contribution in [0.15, 0.2) is 18.2 Å². The van der Waals surface area contributed by atoms with Gasteiger partial charge in [0.05, 0.1) is 21.6 Å². The molecular formula is C16H16ClF3N2O2. The number of nitrogens with zero attached hydrogens (tertiary/aromatic N) is 1. The number of hydrogen-bond acceptors (Lipinski definition) is 2. The molecule has 0 aliphatic carbocycles. The smallest absolute Gasteiger partial charge is 0.356 e. The lowest BCUT2D eigenvalue weighted by molar-refractivity contribution is -0.137. The average Bonchev–Trinajstić information content (AvgIpc) is 2.94. The standard InChI is InChI=1S/C16H16ClF3N2O2/c17-12-3-2-10(16(18,19)20)8-11(12)13(23)22-7-5-15(9-22)4-1-6-21-14(15)24/h2-3,8H,1,4-7,9H2,(H,21,24)/t15-/m1/s1. The Morgan fingerprint density at radius 1 is 1.29 bits per heavy atom. The molecule has 1 aromatic rings. The second-order valence-corrected chi connectivity index (χ2v) is 6.72. The molecule has 1 N–H and O–H groups in total. The Morgan fingerprint density at radius 3 is 2.71 bits per heavy atom. The van der Waals surface area contributed by atoms with Crippen molar-refractivity contribution in [1.82, 2.24) is 10.2 Å². The third kappa shape index (κ3) is 2.97. The van der Waals surface area contributed by atoms with Gasteiger partial charge in [-0.3, -0.25) is 9.59 Å². The highest BCUT2D eigenvalue weighted by molar-refractivity contribution is 6.33. The van der Waals surface area contributed by atoms with Crippen LogP contribution in [-0.4, -0.2) is 36.3 Å². The van der Waals surface area contributed by atoms with Crippen LogP contribution in [-0.2, 0) is 11.0 Å². The summed E-state index contributed by atoms with van der Waals surface area (Å²) < 4.78 is 38.6. The number of carbonyl (C=O) groups excluding carboxylic acids is 2. The average molecular weight is 361 g/mol. The van der Waals surface area contributed by atoms with Crippen LogP contribution in [0.1, 0.15) is 35.2 Å². The molecule has 2 saturated heterocycles. The highest BCUT2D eigenvalue weighted by Gasteiger charge is 2.47. The molecular weight excluding hydrogens is 345 g/mol. The zero-order valence-corrected chi connectivity index (χ0v) is 13.5. The van der Waals surface area contributed by atoms with Gasteiger partial charge in [0, 0.05) is 19.6 Å². The largest absolute Gasteiger partial charge is 0.416 e. The van der Waals surface area contributed by atoms with Crippen molar-refractivity contribution < 1.29 is 22.8 Å². The van der Waals surface area contributed by atoms with E-state index in [-0.39, 0.29) is 23.0 Å². The Hall–Kier alpha value is -1.76. The Labute approximate surface area is 142 Å². The fourth-order valence-electron chi connectivity index (χ4n) is 3.40. The number of amides is 2. The van der Waals surface area contributed by atoms with Gasteiger partial charge in [-0.2, -0.15) is 13.2 Å². The van der Waals surface area contributed by atoms with Crippen molar-refractivity contribution in [2.45, 2.75) is 25.4 Å². The summed E-state index contributed by atoms with van der Waals surface area (Å²) in [6.07, 6.45) is -2.52. The molecule has 3 rings (SSSR count). The van der Waals surface area contributed by atoms with Crippen LogP contribution < -0.4 is 5.32 Å². The summed E-state index contributed by atoms with van der Waals surface area (Å²) in [6, 6.07) is 2.70. The van der Waals surface area contributed by atoms with Crippen molar-refractivity contribution in [3.63, 3.8) is 0 Å². The van der Waals surface area contributed by atoms with Gasteiger partial charge in [0.25, 0.3) is 5.91 Å². The molecule has 0 bridgehead atoms. The molecule has 2 aliphatic heterocycles. The van der Waals surface area contributed by atoms with Crippen LogP contribution in [0, 0.1) is 5.41 Å². The summed E-state index contributed by atoms with van der Waals surface area (Å²) >= 11 is 5.93. The topological polar surface area (TPSA) is 49.4 Å². The van der Waals surface area contributed by atoms with E-state index in [2.05, 4.69) is 5.32 Å². The fourth-order valence-corrected chi connectivity index (χ4v) is 3.60. The Bertz CT molecular complexity index is 692. The van der Waals surface area contributed by atoms with E-state index in [1.54, 1.807) is 0 Å². The summed E-state index contributed by atoms with van der Waals surface area (Å²) in [5, 5.41) is 2.78. The van der Waals surface area contributed by atoms with E-state index >= 15 is 0 Å². The third-order valence-electron chi connectivity index (χ3n) is 4.76. The molecule has 2 aliphatic rings. The van der Waals surface area contributed by atoms with E-state index in [1.165, 1.54) is 4.90 Å². The molecule has 1 aromatic carbocycles. The number of likely N-dealkylation sites (tertiary alicyclic amines) is 1. The minimum absolute atomic E-state index is 0.0259. The van der Waals surface area contributed by atoms with Gasteiger partial charge in [0.2, 0.25) is 5.91 Å². The van der Waals surface area contributed by atoms with Crippen LogP contribution in [0.2, 0.25) is 5.02 Å². The van der Waals surface area contributed by atoms with E-state index in [0.29, 0.717) is 25.9 Å². The van der Waals surface area contributed by atoms with Crippen molar-refractivity contribution in [2.24, 2.45) is 5.41 Å². The number of rotatable bonds is 1. The molecule has 2 heterocycles. The van der Waals surface area contributed by atoms with E-state index < -0.39 is 23.1 Å². The molecule has 1 atom stereocenters. The van der Waals surface area contributed by atoms with E-state index in [1.807, 2.05) is 0 Å². The Balaban J connectivity index is 1.84. The van der Waals surface area contributed by atoms with Gasteiger partial charge in [0.15, 0.2) is 0 Å². The monoisotopic (exact) mass is 360 g/mol. The lowest BCUT2D eigenvalue weighted by Gasteiger charge is -2.32. The van der Waals surface area contributed by atoms with Crippen LogP contribution >= 0.6 is 11.6 Å². The van der Waals surface area contributed by atoms with Gasteiger partial charge in [-0.25, -0.2) is 0 Å². The number of alkyl halides is 3. The number of carbonyl (C=O) groups is 2. The summed E-state index contributed by atoms with van der Waals surface area (Å²) in [5.74, 6) is -0.652. The third-order valence-corrected chi connectivity index (χ3v) is 5.09. The highest BCUT2D eigenvalue weighted by Crippen LogP contribution is 2.39.